The first-order valence-corrected chi connectivity index (χ1v) is 5.19. The summed E-state index contributed by atoms with van der Waals surface area (Å²) < 4.78 is 5.01. The number of benzene rings is 1. The quantitative estimate of drug-likeness (QED) is 0.193. The Hall–Kier alpha value is -2.53. The molecule has 0 bridgehead atoms. The summed E-state index contributed by atoms with van der Waals surface area (Å²) in [6.07, 6.45) is 3.86. The van der Waals surface area contributed by atoms with Crippen molar-refractivity contribution in [3.05, 3.63) is 50.4 Å². The summed E-state index contributed by atoms with van der Waals surface area (Å²) in [7, 11) is 1.50. The summed E-state index contributed by atoms with van der Waals surface area (Å²) in [4.78, 5) is 13.0. The van der Waals surface area contributed by atoms with Gasteiger partial charge in [-0.1, -0.05) is 17.3 Å². The zero-order valence-electron chi connectivity index (χ0n) is 9.81. The van der Waals surface area contributed by atoms with Crippen molar-refractivity contribution in [1.82, 2.24) is 0 Å². The molecular formula is C11H12N4O3. The predicted octanol–water partition coefficient (Wildman–Crippen LogP) is 3.32. The lowest BCUT2D eigenvalue weighted by atomic mass is 10.1. The van der Waals surface area contributed by atoms with Gasteiger partial charge in [0.15, 0.2) is 0 Å². The van der Waals surface area contributed by atoms with Crippen LogP contribution in [0, 0.1) is 10.1 Å². The van der Waals surface area contributed by atoms with Crippen molar-refractivity contribution in [2.24, 2.45) is 5.11 Å². The standard InChI is InChI=1S/C11H12N4O3/c1-18-10-5-6-11(15(16)17)9(8-10)4-2-3-7-13-14-12/h2,4-6,8H,3,7H2,1H3. The van der Waals surface area contributed by atoms with E-state index in [1.54, 1.807) is 18.2 Å². The maximum absolute atomic E-state index is 10.8. The van der Waals surface area contributed by atoms with Crippen LogP contribution in [0.3, 0.4) is 0 Å². The lowest BCUT2D eigenvalue weighted by Crippen LogP contribution is -1.92. The molecule has 0 spiro atoms. The second-order valence-corrected chi connectivity index (χ2v) is 3.33. The minimum absolute atomic E-state index is 0.0100. The Bertz CT molecular complexity index is 507. The largest absolute Gasteiger partial charge is 0.497 e. The molecule has 0 unspecified atom stereocenters. The van der Waals surface area contributed by atoms with E-state index in [1.165, 1.54) is 19.2 Å². The fraction of sp³-hybridized carbons (Fsp3) is 0.273. The van der Waals surface area contributed by atoms with Crippen molar-refractivity contribution in [3.63, 3.8) is 0 Å². The first kappa shape index (κ1) is 13.5. The topological polar surface area (TPSA) is 101 Å². The highest BCUT2D eigenvalue weighted by atomic mass is 16.6. The van der Waals surface area contributed by atoms with Crippen LogP contribution in [-0.2, 0) is 0 Å². The molecule has 1 rings (SSSR count). The number of azide groups is 1. The third-order valence-electron chi connectivity index (χ3n) is 2.19. The third kappa shape index (κ3) is 3.80. The molecule has 0 fully saturated rings. The minimum atomic E-state index is -0.452. The summed E-state index contributed by atoms with van der Waals surface area (Å²) in [5.74, 6) is 0.551. The number of hydrogen-bond acceptors (Lipinski definition) is 4. The average molecular weight is 248 g/mol. The summed E-state index contributed by atoms with van der Waals surface area (Å²) in [6.45, 7) is 0.324. The summed E-state index contributed by atoms with van der Waals surface area (Å²) in [6, 6.07) is 4.52. The van der Waals surface area contributed by atoms with E-state index in [0.29, 0.717) is 24.3 Å². The molecule has 1 aromatic rings. The van der Waals surface area contributed by atoms with Crippen molar-refractivity contribution < 1.29 is 9.66 Å². The van der Waals surface area contributed by atoms with Gasteiger partial charge in [0.1, 0.15) is 5.75 Å². The number of nitrogens with zero attached hydrogens (tertiary/aromatic N) is 4. The molecule has 18 heavy (non-hydrogen) atoms. The Morgan fingerprint density at radius 3 is 3.00 bits per heavy atom. The number of nitro groups is 1. The van der Waals surface area contributed by atoms with Gasteiger partial charge in [-0.2, -0.15) is 0 Å². The molecule has 7 heteroatoms. The first-order chi connectivity index (χ1) is 8.69. The molecule has 7 nitrogen and oxygen atoms in total. The van der Waals surface area contributed by atoms with Crippen LogP contribution in [0.25, 0.3) is 16.5 Å². The van der Waals surface area contributed by atoms with Gasteiger partial charge in [0.2, 0.25) is 0 Å². The van der Waals surface area contributed by atoms with Crippen molar-refractivity contribution >= 4 is 11.8 Å². The molecular weight excluding hydrogens is 236 g/mol. The van der Waals surface area contributed by atoms with Crippen LogP contribution in [0.15, 0.2) is 29.4 Å². The van der Waals surface area contributed by atoms with Gasteiger partial charge >= 0.3 is 0 Å². The molecule has 0 radical (unpaired) electrons. The fourth-order valence-electron chi connectivity index (χ4n) is 1.35. The van der Waals surface area contributed by atoms with E-state index in [9.17, 15) is 10.1 Å². The molecule has 0 heterocycles. The van der Waals surface area contributed by atoms with Crippen LogP contribution in [-0.4, -0.2) is 18.6 Å². The van der Waals surface area contributed by atoms with Gasteiger partial charge in [-0.05, 0) is 24.1 Å². The molecule has 0 aromatic heterocycles. The van der Waals surface area contributed by atoms with Gasteiger partial charge in [-0.15, -0.1) is 0 Å². The number of nitro benzene ring substituents is 1. The minimum Gasteiger partial charge on any atom is -0.497 e. The van der Waals surface area contributed by atoms with Gasteiger partial charge in [0, 0.05) is 17.5 Å². The summed E-state index contributed by atoms with van der Waals surface area (Å²) in [5, 5.41) is 14.2. The van der Waals surface area contributed by atoms with E-state index in [1.807, 2.05) is 0 Å². The molecule has 0 atom stereocenters. The van der Waals surface area contributed by atoms with Crippen LogP contribution < -0.4 is 4.74 Å². The van der Waals surface area contributed by atoms with Gasteiger partial charge in [0.25, 0.3) is 5.69 Å². The lowest BCUT2D eigenvalue weighted by molar-refractivity contribution is -0.385. The molecule has 1 aromatic carbocycles. The summed E-state index contributed by atoms with van der Waals surface area (Å²) in [5.41, 5.74) is 8.56. The Morgan fingerprint density at radius 1 is 1.61 bits per heavy atom. The van der Waals surface area contributed by atoms with E-state index in [0.717, 1.165) is 0 Å². The van der Waals surface area contributed by atoms with Gasteiger partial charge in [-0.25, -0.2) is 0 Å². The summed E-state index contributed by atoms with van der Waals surface area (Å²) >= 11 is 0. The van der Waals surface area contributed by atoms with Crippen LogP contribution in [0.1, 0.15) is 12.0 Å². The van der Waals surface area contributed by atoms with Crippen molar-refractivity contribution in [3.8, 4) is 5.75 Å². The maximum Gasteiger partial charge on any atom is 0.276 e. The number of ether oxygens (including phenoxy) is 1. The Balaban J connectivity index is 2.90. The number of methoxy groups -OCH3 is 1. The number of hydrogen-bond donors (Lipinski definition) is 0. The van der Waals surface area contributed by atoms with Crippen molar-refractivity contribution in [1.29, 1.82) is 0 Å². The highest BCUT2D eigenvalue weighted by Gasteiger charge is 2.11. The predicted molar refractivity (Wildman–Crippen MR) is 67.3 cm³/mol. The Labute approximate surface area is 103 Å². The van der Waals surface area contributed by atoms with E-state index >= 15 is 0 Å². The SMILES string of the molecule is COc1ccc([N+](=O)[O-])c(C=CCCN=[N+]=[N-])c1. The third-order valence-corrected chi connectivity index (χ3v) is 2.19. The Kier molecular flexibility index (Phi) is 5.21. The molecule has 0 amide bonds. The first-order valence-electron chi connectivity index (χ1n) is 5.19. The molecule has 0 aliphatic heterocycles. The van der Waals surface area contributed by atoms with Gasteiger partial charge in [-0.3, -0.25) is 10.1 Å². The zero-order valence-corrected chi connectivity index (χ0v) is 9.81. The van der Waals surface area contributed by atoms with Crippen LogP contribution in [0.2, 0.25) is 0 Å². The molecule has 0 saturated carbocycles. The Morgan fingerprint density at radius 2 is 2.39 bits per heavy atom. The highest BCUT2D eigenvalue weighted by molar-refractivity contribution is 5.62. The van der Waals surface area contributed by atoms with Crippen LogP contribution in [0.4, 0.5) is 5.69 Å². The second-order valence-electron chi connectivity index (χ2n) is 3.33. The van der Waals surface area contributed by atoms with E-state index in [4.69, 9.17) is 10.3 Å². The van der Waals surface area contributed by atoms with E-state index in [-0.39, 0.29) is 5.69 Å². The lowest BCUT2D eigenvalue weighted by Gasteiger charge is -2.02. The van der Waals surface area contributed by atoms with Gasteiger partial charge in [0.05, 0.1) is 17.6 Å². The molecule has 94 valence electrons. The molecule has 0 aliphatic carbocycles. The van der Waals surface area contributed by atoms with Crippen LogP contribution in [0.5, 0.6) is 5.75 Å². The molecule has 0 saturated heterocycles. The number of rotatable bonds is 6. The average Bonchev–Trinajstić information content (AvgIpc) is 2.38. The van der Waals surface area contributed by atoms with Crippen molar-refractivity contribution in [2.45, 2.75) is 6.42 Å². The zero-order chi connectivity index (χ0) is 13.4. The smallest absolute Gasteiger partial charge is 0.276 e. The monoisotopic (exact) mass is 248 g/mol. The highest BCUT2D eigenvalue weighted by Crippen LogP contribution is 2.25. The maximum atomic E-state index is 10.8. The second kappa shape index (κ2) is 6.93. The van der Waals surface area contributed by atoms with E-state index < -0.39 is 4.92 Å². The normalized spacial score (nSPS) is 10.1. The molecule has 0 aliphatic rings. The van der Waals surface area contributed by atoms with Gasteiger partial charge < -0.3 is 4.74 Å². The molecule has 0 N–H and O–H groups in total. The van der Waals surface area contributed by atoms with Crippen LogP contribution >= 0.6 is 0 Å². The van der Waals surface area contributed by atoms with E-state index in [2.05, 4.69) is 10.0 Å². The fourth-order valence-corrected chi connectivity index (χ4v) is 1.35. The van der Waals surface area contributed by atoms with Crippen molar-refractivity contribution in [2.75, 3.05) is 13.7 Å².